The van der Waals surface area contributed by atoms with E-state index in [0.29, 0.717) is 0 Å². The maximum Gasteiger partial charge on any atom is 0.0462 e. The van der Waals surface area contributed by atoms with Gasteiger partial charge in [0.2, 0.25) is 0 Å². The molecule has 10 rings (SSSR count). The van der Waals surface area contributed by atoms with Crippen LogP contribution in [0.15, 0.2) is 224 Å². The monoisotopic (exact) mass is 731 g/mol. The largest absolute Gasteiger partial charge is 0.311 e. The second-order valence-corrected chi connectivity index (χ2v) is 15.2. The fraction of sp³-hybridized carbons (Fsp3) is 0. The molecule has 0 atom stereocenters. The van der Waals surface area contributed by atoms with Crippen molar-refractivity contribution >= 4 is 48.6 Å². The Labute approximate surface area is 332 Å². The molecule has 0 saturated heterocycles. The van der Waals surface area contributed by atoms with Crippen LogP contribution in [0.4, 0.5) is 17.1 Å². The number of hydrogen-bond donors (Lipinski definition) is 0. The van der Waals surface area contributed by atoms with Crippen LogP contribution in [0.1, 0.15) is 0 Å². The quantitative estimate of drug-likeness (QED) is 0.150. The predicted octanol–water partition coefficient (Wildman–Crippen LogP) is 15.9. The Kier molecular flexibility index (Phi) is 8.79. The molecular formula is C54H37NS. The fourth-order valence-electron chi connectivity index (χ4n) is 7.83. The van der Waals surface area contributed by atoms with E-state index >= 15 is 0 Å². The summed E-state index contributed by atoms with van der Waals surface area (Å²) in [5, 5.41) is 2.63. The van der Waals surface area contributed by atoms with Gasteiger partial charge in [0.1, 0.15) is 0 Å². The zero-order valence-electron chi connectivity index (χ0n) is 30.7. The highest BCUT2D eigenvalue weighted by Crippen LogP contribution is 2.43. The molecule has 0 N–H and O–H groups in total. The van der Waals surface area contributed by atoms with Gasteiger partial charge in [0, 0.05) is 37.2 Å². The summed E-state index contributed by atoms with van der Waals surface area (Å²) in [6.45, 7) is 0. The molecular weight excluding hydrogens is 695 g/mol. The van der Waals surface area contributed by atoms with Crippen molar-refractivity contribution in [2.75, 3.05) is 4.90 Å². The van der Waals surface area contributed by atoms with Crippen LogP contribution >= 0.6 is 11.3 Å². The third kappa shape index (κ3) is 6.47. The summed E-state index contributed by atoms with van der Waals surface area (Å²) in [4.78, 5) is 2.36. The number of hydrogen-bond acceptors (Lipinski definition) is 2. The first-order chi connectivity index (χ1) is 27.7. The van der Waals surface area contributed by atoms with Gasteiger partial charge in [-0.15, -0.1) is 11.3 Å². The van der Waals surface area contributed by atoms with Gasteiger partial charge in [-0.3, -0.25) is 0 Å². The SMILES string of the molecule is c1ccc(-c2ccc(-c3ccc(N(c4ccc(-c5ccccc5)cc4)c4ccc(-c5cc6sc7ccccc7c6cc5-c5ccccc5)cc4)cc3)cc2)cc1. The summed E-state index contributed by atoms with van der Waals surface area (Å²) >= 11 is 1.87. The second-order valence-electron chi connectivity index (χ2n) is 14.1. The molecule has 0 aliphatic carbocycles. The Morgan fingerprint density at radius 2 is 0.589 bits per heavy atom. The van der Waals surface area contributed by atoms with Crippen molar-refractivity contribution in [2.45, 2.75) is 0 Å². The molecule has 0 amide bonds. The van der Waals surface area contributed by atoms with Crippen LogP contribution in [0.5, 0.6) is 0 Å². The van der Waals surface area contributed by atoms with Gasteiger partial charge < -0.3 is 4.90 Å². The van der Waals surface area contributed by atoms with E-state index in [1.165, 1.54) is 75.8 Å². The smallest absolute Gasteiger partial charge is 0.0462 e. The Bertz CT molecular complexity index is 2900. The number of anilines is 3. The van der Waals surface area contributed by atoms with Crippen molar-refractivity contribution in [1.82, 2.24) is 0 Å². The summed E-state index contributed by atoms with van der Waals surface area (Å²) in [5.74, 6) is 0. The minimum atomic E-state index is 1.10. The molecule has 1 aromatic heterocycles. The highest BCUT2D eigenvalue weighted by atomic mass is 32.1. The minimum Gasteiger partial charge on any atom is -0.311 e. The van der Waals surface area contributed by atoms with E-state index in [4.69, 9.17) is 0 Å². The predicted molar refractivity (Wildman–Crippen MR) is 241 cm³/mol. The van der Waals surface area contributed by atoms with E-state index in [1.807, 2.05) is 11.3 Å². The maximum absolute atomic E-state index is 2.39. The summed E-state index contributed by atoms with van der Waals surface area (Å²) in [6.07, 6.45) is 0. The van der Waals surface area contributed by atoms with Gasteiger partial charge >= 0.3 is 0 Å². The van der Waals surface area contributed by atoms with Crippen LogP contribution in [0.25, 0.3) is 75.8 Å². The molecule has 9 aromatic carbocycles. The fourth-order valence-corrected chi connectivity index (χ4v) is 8.95. The molecule has 0 radical (unpaired) electrons. The molecule has 0 spiro atoms. The molecule has 0 saturated carbocycles. The van der Waals surface area contributed by atoms with Crippen LogP contribution in [0, 0.1) is 0 Å². The van der Waals surface area contributed by atoms with Crippen molar-refractivity contribution in [3.63, 3.8) is 0 Å². The molecule has 2 heteroatoms. The van der Waals surface area contributed by atoms with Crippen molar-refractivity contribution in [1.29, 1.82) is 0 Å². The van der Waals surface area contributed by atoms with Crippen LogP contribution in [-0.2, 0) is 0 Å². The number of fused-ring (bicyclic) bond motifs is 3. The van der Waals surface area contributed by atoms with Crippen molar-refractivity contribution in [2.24, 2.45) is 0 Å². The normalized spacial score (nSPS) is 11.2. The Balaban J connectivity index is 1.04. The molecule has 0 unspecified atom stereocenters. The van der Waals surface area contributed by atoms with Crippen LogP contribution < -0.4 is 4.90 Å². The average Bonchev–Trinajstić information content (AvgIpc) is 3.65. The lowest BCUT2D eigenvalue weighted by molar-refractivity contribution is 1.28. The first kappa shape index (κ1) is 33.6. The maximum atomic E-state index is 2.39. The van der Waals surface area contributed by atoms with E-state index < -0.39 is 0 Å². The average molecular weight is 732 g/mol. The zero-order chi connectivity index (χ0) is 37.3. The molecule has 264 valence electrons. The number of thiophene rings is 1. The molecule has 0 fully saturated rings. The first-order valence-corrected chi connectivity index (χ1v) is 19.9. The molecule has 0 bridgehead atoms. The molecule has 0 aliphatic heterocycles. The lowest BCUT2D eigenvalue weighted by atomic mass is 9.92. The topological polar surface area (TPSA) is 3.24 Å². The third-order valence-electron chi connectivity index (χ3n) is 10.7. The number of benzene rings is 9. The molecule has 0 aliphatic rings. The summed E-state index contributed by atoms with van der Waals surface area (Å²) < 4.78 is 2.62. The van der Waals surface area contributed by atoms with Gasteiger partial charge in [-0.05, 0) is 110 Å². The van der Waals surface area contributed by atoms with Crippen molar-refractivity contribution in [3.8, 4) is 55.6 Å². The Hall–Kier alpha value is -7.00. The van der Waals surface area contributed by atoms with E-state index in [1.54, 1.807) is 0 Å². The summed E-state index contributed by atoms with van der Waals surface area (Å²) in [7, 11) is 0. The Morgan fingerprint density at radius 1 is 0.250 bits per heavy atom. The van der Waals surface area contributed by atoms with Crippen LogP contribution in [0.2, 0.25) is 0 Å². The second kappa shape index (κ2) is 14.7. The Morgan fingerprint density at radius 3 is 1.07 bits per heavy atom. The van der Waals surface area contributed by atoms with Gasteiger partial charge in [-0.1, -0.05) is 170 Å². The highest BCUT2D eigenvalue weighted by Gasteiger charge is 2.17. The zero-order valence-corrected chi connectivity index (χ0v) is 31.5. The van der Waals surface area contributed by atoms with Gasteiger partial charge in [-0.25, -0.2) is 0 Å². The lowest BCUT2D eigenvalue weighted by Gasteiger charge is -2.26. The summed E-state index contributed by atoms with van der Waals surface area (Å²) in [6, 6.07) is 81.2. The van der Waals surface area contributed by atoms with Gasteiger partial charge in [0.25, 0.3) is 0 Å². The van der Waals surface area contributed by atoms with Crippen molar-refractivity contribution in [3.05, 3.63) is 224 Å². The molecule has 56 heavy (non-hydrogen) atoms. The molecule has 1 nitrogen and oxygen atoms in total. The highest BCUT2D eigenvalue weighted by molar-refractivity contribution is 7.25. The van der Waals surface area contributed by atoms with Crippen LogP contribution in [-0.4, -0.2) is 0 Å². The summed E-state index contributed by atoms with van der Waals surface area (Å²) in [5.41, 5.74) is 15.5. The lowest BCUT2D eigenvalue weighted by Crippen LogP contribution is -2.09. The first-order valence-electron chi connectivity index (χ1n) is 19.1. The van der Waals surface area contributed by atoms with Crippen LogP contribution in [0.3, 0.4) is 0 Å². The minimum absolute atomic E-state index is 1.10. The van der Waals surface area contributed by atoms with E-state index in [0.717, 1.165) is 17.1 Å². The van der Waals surface area contributed by atoms with Crippen molar-refractivity contribution < 1.29 is 0 Å². The number of rotatable bonds is 8. The molecule has 10 aromatic rings. The standard InChI is InChI=1S/C54H37NS/c1-4-12-38(13-5-1)40-20-22-41(23-21-40)43-26-32-47(33-27-43)55(46-30-24-42(25-31-46)39-14-6-2-7-15-39)48-34-28-45(29-35-48)51-37-54-52(49-18-10-11-19-53(49)56-54)36-50(51)44-16-8-3-9-17-44/h1-37H. The van der Waals surface area contributed by atoms with E-state index in [9.17, 15) is 0 Å². The third-order valence-corrected chi connectivity index (χ3v) is 11.9. The number of nitrogens with zero attached hydrogens (tertiary/aromatic N) is 1. The van der Waals surface area contributed by atoms with E-state index in [-0.39, 0.29) is 0 Å². The van der Waals surface area contributed by atoms with Gasteiger partial charge in [0.05, 0.1) is 0 Å². The van der Waals surface area contributed by atoms with E-state index in [2.05, 4.69) is 229 Å². The van der Waals surface area contributed by atoms with Gasteiger partial charge in [0.15, 0.2) is 0 Å². The van der Waals surface area contributed by atoms with Gasteiger partial charge in [-0.2, -0.15) is 0 Å². The molecule has 1 heterocycles.